The van der Waals surface area contributed by atoms with Gasteiger partial charge in [-0.05, 0) is 23.3 Å². The van der Waals surface area contributed by atoms with E-state index < -0.39 is 5.60 Å². The molecule has 0 aliphatic heterocycles. The summed E-state index contributed by atoms with van der Waals surface area (Å²) < 4.78 is 0. The molecule has 3 heteroatoms. The zero-order valence-electron chi connectivity index (χ0n) is 10.5. The van der Waals surface area contributed by atoms with Crippen LogP contribution in [0, 0.1) is 11.3 Å². The van der Waals surface area contributed by atoms with E-state index >= 15 is 0 Å². The van der Waals surface area contributed by atoms with Crippen molar-refractivity contribution in [3.05, 3.63) is 71.3 Å². The maximum Gasteiger partial charge on any atom is 0.117 e. The maximum atomic E-state index is 10.9. The fraction of sp³-hybridized carbons (Fsp3) is 0.188. The minimum Gasteiger partial charge on any atom is -0.396 e. The third kappa shape index (κ3) is 2.65. The van der Waals surface area contributed by atoms with Crippen molar-refractivity contribution in [2.24, 2.45) is 0 Å². The van der Waals surface area contributed by atoms with Crippen molar-refractivity contribution < 1.29 is 10.2 Å². The van der Waals surface area contributed by atoms with Crippen LogP contribution < -0.4 is 0 Å². The van der Waals surface area contributed by atoms with E-state index in [1.165, 1.54) is 0 Å². The van der Waals surface area contributed by atoms with E-state index in [9.17, 15) is 10.2 Å². The summed E-state index contributed by atoms with van der Waals surface area (Å²) in [5, 5.41) is 28.9. The SMILES string of the molecule is N#Cc1ccc(C(O)(CCO)c2ccccc2)cc1. The van der Waals surface area contributed by atoms with Crippen molar-refractivity contribution in [2.75, 3.05) is 6.61 Å². The zero-order valence-corrected chi connectivity index (χ0v) is 10.5. The lowest BCUT2D eigenvalue weighted by Crippen LogP contribution is -2.28. The highest BCUT2D eigenvalue weighted by Gasteiger charge is 2.30. The first-order valence-electron chi connectivity index (χ1n) is 6.10. The Morgan fingerprint density at radius 3 is 2.05 bits per heavy atom. The molecule has 2 aromatic rings. The lowest BCUT2D eigenvalue weighted by Gasteiger charge is -2.28. The molecule has 1 atom stereocenters. The van der Waals surface area contributed by atoms with Crippen LogP contribution >= 0.6 is 0 Å². The lowest BCUT2D eigenvalue weighted by molar-refractivity contribution is 0.0509. The van der Waals surface area contributed by atoms with Crippen LogP contribution in [0.25, 0.3) is 0 Å². The molecule has 0 heterocycles. The molecule has 2 rings (SSSR count). The Morgan fingerprint density at radius 1 is 0.947 bits per heavy atom. The van der Waals surface area contributed by atoms with Gasteiger partial charge >= 0.3 is 0 Å². The highest BCUT2D eigenvalue weighted by atomic mass is 16.3. The van der Waals surface area contributed by atoms with Crippen molar-refractivity contribution in [3.63, 3.8) is 0 Å². The largest absolute Gasteiger partial charge is 0.396 e. The number of aliphatic hydroxyl groups excluding tert-OH is 1. The smallest absolute Gasteiger partial charge is 0.117 e. The average molecular weight is 253 g/mol. The van der Waals surface area contributed by atoms with Crippen LogP contribution in [0.15, 0.2) is 54.6 Å². The first-order valence-corrected chi connectivity index (χ1v) is 6.10. The van der Waals surface area contributed by atoms with Gasteiger partial charge < -0.3 is 10.2 Å². The van der Waals surface area contributed by atoms with E-state index in [-0.39, 0.29) is 13.0 Å². The first-order chi connectivity index (χ1) is 9.20. The van der Waals surface area contributed by atoms with E-state index in [4.69, 9.17) is 5.26 Å². The second kappa shape index (κ2) is 5.66. The maximum absolute atomic E-state index is 10.9. The number of aliphatic hydroxyl groups is 2. The molecule has 0 aromatic heterocycles. The van der Waals surface area contributed by atoms with Crippen molar-refractivity contribution in [1.29, 1.82) is 5.26 Å². The number of nitriles is 1. The highest BCUT2D eigenvalue weighted by molar-refractivity contribution is 5.39. The molecule has 0 bridgehead atoms. The third-order valence-electron chi connectivity index (χ3n) is 3.22. The molecule has 0 radical (unpaired) electrons. The van der Waals surface area contributed by atoms with Crippen molar-refractivity contribution in [1.82, 2.24) is 0 Å². The molecule has 0 aliphatic carbocycles. The summed E-state index contributed by atoms with van der Waals surface area (Å²) in [5.74, 6) is 0. The molecule has 0 amide bonds. The second-order valence-corrected chi connectivity index (χ2v) is 4.39. The Hall–Kier alpha value is -2.15. The fourth-order valence-corrected chi connectivity index (χ4v) is 2.15. The van der Waals surface area contributed by atoms with Crippen molar-refractivity contribution in [3.8, 4) is 6.07 Å². The number of rotatable bonds is 4. The molecule has 96 valence electrons. The Bertz CT molecular complexity index is 572. The Balaban J connectivity index is 2.47. The lowest BCUT2D eigenvalue weighted by atomic mass is 9.83. The van der Waals surface area contributed by atoms with Gasteiger partial charge in [0.15, 0.2) is 0 Å². The summed E-state index contributed by atoms with van der Waals surface area (Å²) in [4.78, 5) is 0. The number of nitrogens with zero attached hydrogens (tertiary/aromatic N) is 1. The fourth-order valence-electron chi connectivity index (χ4n) is 2.15. The van der Waals surface area contributed by atoms with E-state index in [1.54, 1.807) is 24.3 Å². The molecule has 1 unspecified atom stereocenters. The van der Waals surface area contributed by atoms with Gasteiger partial charge in [-0.2, -0.15) is 5.26 Å². The van der Waals surface area contributed by atoms with Crippen LogP contribution in [-0.2, 0) is 5.60 Å². The van der Waals surface area contributed by atoms with Crippen LogP contribution in [0.5, 0.6) is 0 Å². The molecule has 2 N–H and O–H groups in total. The number of hydrogen-bond acceptors (Lipinski definition) is 3. The van der Waals surface area contributed by atoms with Gasteiger partial charge in [0, 0.05) is 13.0 Å². The molecule has 2 aromatic carbocycles. The summed E-state index contributed by atoms with van der Waals surface area (Å²) in [6.45, 7) is -0.120. The standard InChI is InChI=1S/C16H15NO2/c17-12-13-6-8-15(9-7-13)16(19,10-11-18)14-4-2-1-3-5-14/h1-9,18-19H,10-11H2. The summed E-state index contributed by atoms with van der Waals surface area (Å²) in [5.41, 5.74) is 0.716. The van der Waals surface area contributed by atoms with Gasteiger partial charge in [0.1, 0.15) is 5.60 Å². The summed E-state index contributed by atoms with van der Waals surface area (Å²) in [6, 6.07) is 18.1. The van der Waals surface area contributed by atoms with Crippen LogP contribution in [0.1, 0.15) is 23.1 Å². The van der Waals surface area contributed by atoms with Crippen LogP contribution in [0.3, 0.4) is 0 Å². The van der Waals surface area contributed by atoms with Gasteiger partial charge in [-0.25, -0.2) is 0 Å². The Morgan fingerprint density at radius 2 is 1.53 bits per heavy atom. The second-order valence-electron chi connectivity index (χ2n) is 4.39. The normalized spacial score (nSPS) is 13.5. The molecule has 19 heavy (non-hydrogen) atoms. The van der Waals surface area contributed by atoms with E-state index in [0.29, 0.717) is 11.1 Å². The van der Waals surface area contributed by atoms with Gasteiger partial charge in [-0.15, -0.1) is 0 Å². The van der Waals surface area contributed by atoms with Gasteiger partial charge in [-0.3, -0.25) is 0 Å². The van der Waals surface area contributed by atoms with Gasteiger partial charge in [0.2, 0.25) is 0 Å². The molecule has 0 fully saturated rings. The molecule has 0 spiro atoms. The summed E-state index contributed by atoms with van der Waals surface area (Å²) >= 11 is 0. The van der Waals surface area contributed by atoms with Gasteiger partial charge in [-0.1, -0.05) is 42.5 Å². The number of hydrogen-bond donors (Lipinski definition) is 2. The first kappa shape index (κ1) is 13.3. The quantitative estimate of drug-likeness (QED) is 0.877. The topological polar surface area (TPSA) is 64.2 Å². The minimum absolute atomic E-state index is 0.120. The monoisotopic (exact) mass is 253 g/mol. The van der Waals surface area contributed by atoms with Crippen LogP contribution in [0.4, 0.5) is 0 Å². The molecular formula is C16H15NO2. The molecule has 3 nitrogen and oxygen atoms in total. The predicted octanol–water partition coefficient (Wildman–Crippen LogP) is 2.18. The van der Waals surface area contributed by atoms with E-state index in [2.05, 4.69) is 0 Å². The van der Waals surface area contributed by atoms with Gasteiger partial charge in [0.25, 0.3) is 0 Å². The average Bonchev–Trinajstić information content (AvgIpc) is 2.48. The third-order valence-corrected chi connectivity index (χ3v) is 3.22. The van der Waals surface area contributed by atoms with Crippen molar-refractivity contribution >= 4 is 0 Å². The Labute approximate surface area is 112 Å². The van der Waals surface area contributed by atoms with E-state index in [0.717, 1.165) is 5.56 Å². The van der Waals surface area contributed by atoms with Crippen LogP contribution in [-0.4, -0.2) is 16.8 Å². The van der Waals surface area contributed by atoms with Gasteiger partial charge in [0.05, 0.1) is 11.6 Å². The number of benzene rings is 2. The predicted molar refractivity (Wildman–Crippen MR) is 72.3 cm³/mol. The minimum atomic E-state index is -1.23. The highest BCUT2D eigenvalue weighted by Crippen LogP contribution is 2.32. The summed E-state index contributed by atoms with van der Waals surface area (Å²) in [7, 11) is 0. The van der Waals surface area contributed by atoms with Crippen molar-refractivity contribution in [2.45, 2.75) is 12.0 Å². The summed E-state index contributed by atoms with van der Waals surface area (Å²) in [6.07, 6.45) is 0.211. The van der Waals surface area contributed by atoms with E-state index in [1.807, 2.05) is 36.4 Å². The molecule has 0 saturated heterocycles. The molecular weight excluding hydrogens is 238 g/mol. The molecule has 0 saturated carbocycles. The zero-order chi connectivity index (χ0) is 13.7. The Kier molecular flexibility index (Phi) is 3.96. The molecule has 0 aliphatic rings. The van der Waals surface area contributed by atoms with Crippen LogP contribution in [0.2, 0.25) is 0 Å².